The van der Waals surface area contributed by atoms with Gasteiger partial charge < -0.3 is 45.1 Å². The Balaban J connectivity index is 2.72. The number of rotatable bonds is 48. The van der Waals surface area contributed by atoms with Crippen LogP contribution in [0.4, 0.5) is 0 Å². The summed E-state index contributed by atoms with van der Waals surface area (Å²) in [5.41, 5.74) is 0. The molecule has 73 heavy (non-hydrogen) atoms. The number of hydrogen-bond donors (Lipinski definition) is 6. The first kappa shape index (κ1) is 67.9. The van der Waals surface area contributed by atoms with Gasteiger partial charge in [0.25, 0.3) is 0 Å². The van der Waals surface area contributed by atoms with E-state index in [0.717, 1.165) is 89.9 Å². The molecule has 0 spiro atoms. The van der Waals surface area contributed by atoms with Crippen molar-refractivity contribution in [3.05, 3.63) is 85.1 Å². The van der Waals surface area contributed by atoms with Crippen molar-refractivity contribution < 1.29 is 49.3 Å². The molecular weight excluding hydrogens is 919 g/mol. The third-order valence-electron chi connectivity index (χ3n) is 13.3. The van der Waals surface area contributed by atoms with Crippen molar-refractivity contribution in [2.75, 3.05) is 13.2 Å². The molecule has 0 radical (unpaired) electrons. The predicted octanol–water partition coefficient (Wildman–Crippen LogP) is 13.4. The van der Waals surface area contributed by atoms with Gasteiger partial charge in [-0.25, -0.2) is 0 Å². The molecule has 420 valence electrons. The van der Waals surface area contributed by atoms with Gasteiger partial charge in [0.1, 0.15) is 24.4 Å². The zero-order chi connectivity index (χ0) is 53.3. The zero-order valence-electron chi connectivity index (χ0n) is 46.2. The molecule has 1 aliphatic rings. The lowest BCUT2D eigenvalue weighted by Gasteiger charge is -2.41. The topological polar surface area (TPSA) is 175 Å². The zero-order valence-corrected chi connectivity index (χ0v) is 46.2. The lowest BCUT2D eigenvalue weighted by molar-refractivity contribution is -0.305. The molecule has 1 aliphatic heterocycles. The maximum atomic E-state index is 13.3. The van der Waals surface area contributed by atoms with E-state index < -0.39 is 67.4 Å². The number of esters is 1. The van der Waals surface area contributed by atoms with Gasteiger partial charge in [-0.15, -0.1) is 0 Å². The number of unbranched alkanes of at least 4 members (excludes halogenated alkanes) is 22. The second kappa shape index (κ2) is 49.7. The molecule has 0 aromatic rings. The van der Waals surface area contributed by atoms with Gasteiger partial charge in [0, 0.05) is 6.42 Å². The van der Waals surface area contributed by atoms with Gasteiger partial charge in [-0.05, 0) is 77.0 Å². The summed E-state index contributed by atoms with van der Waals surface area (Å²) in [5, 5.41) is 56.8. The van der Waals surface area contributed by atoms with Gasteiger partial charge >= 0.3 is 5.97 Å². The summed E-state index contributed by atoms with van der Waals surface area (Å²) < 4.78 is 17.5. The standard InChI is InChI=1S/C62H107NO10/c1-4-7-10-13-16-19-22-24-25-26-27-28-29-30-31-33-35-38-41-44-47-50-57(67)73-60-59(69)58(68)56(51-64)72-62(60)71-52-53(54(65)48-45-42-39-37-34-32-23-20-17-14-11-8-5-2)63-61(70)55(66)49-46-43-40-36-21-18-15-12-9-6-3/h7,10,16,19,24-25,27-28,30-31,35,38,45,48,53-56,58-60,62,64-66,68-69H,4-6,8-9,11-15,17-18,20-23,26,29,32-34,36-37,39-44,46-47,49-52H2,1-3H3,(H,63,70)/b10-7-,19-16-,25-24-,28-27-,31-30-,38-35-,48-45+. The first-order valence-electron chi connectivity index (χ1n) is 29.4. The van der Waals surface area contributed by atoms with E-state index in [1.165, 1.54) is 96.3 Å². The minimum atomic E-state index is -1.63. The first-order chi connectivity index (χ1) is 35.7. The van der Waals surface area contributed by atoms with Crippen LogP contribution in [0.5, 0.6) is 0 Å². The van der Waals surface area contributed by atoms with E-state index in [2.05, 4.69) is 99.0 Å². The number of nitrogens with one attached hydrogen (secondary N) is 1. The van der Waals surface area contributed by atoms with Crippen molar-refractivity contribution >= 4 is 11.9 Å². The normalized spacial score (nSPS) is 20.0. The van der Waals surface area contributed by atoms with Gasteiger partial charge in [-0.3, -0.25) is 9.59 Å². The van der Waals surface area contributed by atoms with E-state index in [-0.39, 0.29) is 19.4 Å². The monoisotopic (exact) mass is 1030 g/mol. The van der Waals surface area contributed by atoms with E-state index in [4.69, 9.17) is 14.2 Å². The lowest BCUT2D eigenvalue weighted by Crippen LogP contribution is -2.61. The Morgan fingerprint density at radius 3 is 1.48 bits per heavy atom. The van der Waals surface area contributed by atoms with Crippen LogP contribution in [-0.4, -0.2) is 99.6 Å². The largest absolute Gasteiger partial charge is 0.454 e. The number of aliphatic hydroxyl groups excluding tert-OH is 5. The third-order valence-corrected chi connectivity index (χ3v) is 13.3. The Bertz CT molecular complexity index is 1510. The van der Waals surface area contributed by atoms with Crippen LogP contribution >= 0.6 is 0 Å². The van der Waals surface area contributed by atoms with Crippen molar-refractivity contribution in [2.24, 2.45) is 0 Å². The Kier molecular flexibility index (Phi) is 46.2. The quantitative estimate of drug-likeness (QED) is 0.0195. The molecule has 1 amide bonds. The number of carbonyl (C=O) groups is 2. The fraction of sp³-hybridized carbons (Fsp3) is 0.742. The van der Waals surface area contributed by atoms with Crippen molar-refractivity contribution in [3.63, 3.8) is 0 Å². The van der Waals surface area contributed by atoms with Crippen LogP contribution in [0.2, 0.25) is 0 Å². The van der Waals surface area contributed by atoms with E-state index in [0.29, 0.717) is 12.8 Å². The Hall–Kier alpha value is -3.16. The van der Waals surface area contributed by atoms with E-state index in [9.17, 15) is 35.1 Å². The molecule has 0 aliphatic carbocycles. The predicted molar refractivity (Wildman–Crippen MR) is 301 cm³/mol. The summed E-state index contributed by atoms with van der Waals surface area (Å²) in [4.78, 5) is 26.4. The van der Waals surface area contributed by atoms with Crippen LogP contribution < -0.4 is 5.32 Å². The number of carbonyl (C=O) groups excluding carboxylic acids is 2. The molecule has 11 heteroatoms. The number of aliphatic hydroxyl groups is 5. The van der Waals surface area contributed by atoms with Gasteiger partial charge in [0.15, 0.2) is 12.4 Å². The highest BCUT2D eigenvalue weighted by molar-refractivity contribution is 5.80. The molecule has 6 N–H and O–H groups in total. The van der Waals surface area contributed by atoms with Crippen LogP contribution in [0.1, 0.15) is 233 Å². The van der Waals surface area contributed by atoms with Gasteiger partial charge in [-0.1, -0.05) is 234 Å². The summed E-state index contributed by atoms with van der Waals surface area (Å²) in [7, 11) is 0. The molecule has 0 saturated carbocycles. The highest BCUT2D eigenvalue weighted by Crippen LogP contribution is 2.26. The van der Waals surface area contributed by atoms with Crippen LogP contribution in [0.15, 0.2) is 85.1 Å². The maximum Gasteiger partial charge on any atom is 0.306 e. The summed E-state index contributed by atoms with van der Waals surface area (Å²) in [6, 6.07) is -1.03. The molecule has 8 unspecified atom stereocenters. The second-order valence-corrected chi connectivity index (χ2v) is 20.0. The Labute approximate surface area is 444 Å². The van der Waals surface area contributed by atoms with Crippen LogP contribution in [0, 0.1) is 0 Å². The first-order valence-corrected chi connectivity index (χ1v) is 29.4. The highest BCUT2D eigenvalue weighted by Gasteiger charge is 2.47. The molecule has 1 heterocycles. The molecule has 0 bridgehead atoms. The SMILES string of the molecule is CC/C=C\C/C=C\C/C=C\C/C=C\C/C=C\C/C=C\CCCCC(=O)OC1C(OCC(NC(=O)C(O)CCCCCCCCCCCC)C(O)/C=C/CCCCCCCCCCCCC)OC(CO)C(O)C1O. The van der Waals surface area contributed by atoms with Crippen molar-refractivity contribution in [3.8, 4) is 0 Å². The van der Waals surface area contributed by atoms with Crippen molar-refractivity contribution in [1.29, 1.82) is 0 Å². The second-order valence-electron chi connectivity index (χ2n) is 20.0. The maximum absolute atomic E-state index is 13.3. The van der Waals surface area contributed by atoms with Gasteiger partial charge in [0.2, 0.25) is 5.91 Å². The minimum absolute atomic E-state index is 0.0658. The molecule has 1 fully saturated rings. The van der Waals surface area contributed by atoms with Crippen LogP contribution in [0.25, 0.3) is 0 Å². The van der Waals surface area contributed by atoms with Gasteiger partial charge in [0.05, 0.1) is 25.4 Å². The molecule has 0 aromatic carbocycles. The third kappa shape index (κ3) is 38.1. The smallest absolute Gasteiger partial charge is 0.306 e. The van der Waals surface area contributed by atoms with E-state index >= 15 is 0 Å². The number of hydrogen-bond acceptors (Lipinski definition) is 10. The minimum Gasteiger partial charge on any atom is -0.454 e. The van der Waals surface area contributed by atoms with Crippen LogP contribution in [0.3, 0.4) is 0 Å². The average molecular weight is 1030 g/mol. The molecule has 0 aromatic heterocycles. The molecule has 8 atom stereocenters. The average Bonchev–Trinajstić information content (AvgIpc) is 3.39. The number of allylic oxidation sites excluding steroid dienone is 13. The fourth-order valence-electron chi connectivity index (χ4n) is 8.65. The molecule has 11 nitrogen and oxygen atoms in total. The molecule has 1 rings (SSSR count). The van der Waals surface area contributed by atoms with Gasteiger partial charge in [-0.2, -0.15) is 0 Å². The summed E-state index contributed by atoms with van der Waals surface area (Å²) >= 11 is 0. The lowest BCUT2D eigenvalue weighted by atomic mass is 9.99. The fourth-order valence-corrected chi connectivity index (χ4v) is 8.65. The number of amides is 1. The highest BCUT2D eigenvalue weighted by atomic mass is 16.7. The summed E-state index contributed by atoms with van der Waals surface area (Å²) in [5.74, 6) is -1.24. The van der Waals surface area contributed by atoms with Crippen molar-refractivity contribution in [2.45, 2.75) is 282 Å². The van der Waals surface area contributed by atoms with E-state index in [1.807, 2.05) is 6.08 Å². The molecule has 1 saturated heterocycles. The molecular formula is C62H107NO10. The summed E-state index contributed by atoms with van der Waals surface area (Å²) in [6.07, 6.45) is 53.4. The van der Waals surface area contributed by atoms with Crippen molar-refractivity contribution in [1.82, 2.24) is 5.32 Å². The number of ether oxygens (including phenoxy) is 3. The Morgan fingerprint density at radius 2 is 0.986 bits per heavy atom. The van der Waals surface area contributed by atoms with E-state index in [1.54, 1.807) is 6.08 Å². The van der Waals surface area contributed by atoms with Crippen LogP contribution in [-0.2, 0) is 23.8 Å². The summed E-state index contributed by atoms with van der Waals surface area (Å²) in [6.45, 7) is 5.62. The Morgan fingerprint density at radius 1 is 0.548 bits per heavy atom.